The van der Waals surface area contributed by atoms with Gasteiger partial charge in [0.2, 0.25) is 0 Å². The van der Waals surface area contributed by atoms with Crippen LogP contribution in [0.4, 0.5) is 0 Å². The third kappa shape index (κ3) is 3.19. The summed E-state index contributed by atoms with van der Waals surface area (Å²) in [6.45, 7) is 18.1. The van der Waals surface area contributed by atoms with Crippen LogP contribution in [-0.4, -0.2) is 27.1 Å². The molecular weight excluding hydrogens is 216 g/mol. The molecule has 94 valence electrons. The first-order valence-electron chi connectivity index (χ1n) is 6.11. The van der Waals surface area contributed by atoms with Gasteiger partial charge in [-0.1, -0.05) is 33.8 Å². The van der Waals surface area contributed by atoms with Gasteiger partial charge in [-0.15, -0.1) is 6.58 Å². The van der Waals surface area contributed by atoms with Crippen molar-refractivity contribution in [2.45, 2.75) is 58.0 Å². The smallest absolute Gasteiger partial charge is 0.191 e. The van der Waals surface area contributed by atoms with Crippen LogP contribution < -0.4 is 0 Å². The molecule has 0 N–H and O–H groups in total. The number of rotatable bonds is 5. The molecule has 0 aliphatic carbocycles. The first kappa shape index (κ1) is 13.9. The minimum absolute atomic E-state index is 0.262. The molecule has 0 aromatic carbocycles. The van der Waals surface area contributed by atoms with Gasteiger partial charge >= 0.3 is 0 Å². The molecule has 0 aromatic heterocycles. The van der Waals surface area contributed by atoms with Crippen molar-refractivity contribution in [3.05, 3.63) is 12.7 Å². The Morgan fingerprint density at radius 1 is 1.44 bits per heavy atom. The van der Waals surface area contributed by atoms with Gasteiger partial charge in [-0.05, 0) is 18.1 Å². The van der Waals surface area contributed by atoms with Crippen LogP contribution in [0.1, 0.15) is 27.7 Å². The molecule has 1 heterocycles. The van der Waals surface area contributed by atoms with E-state index in [1.165, 1.54) is 0 Å². The van der Waals surface area contributed by atoms with Crippen LogP contribution in [0.3, 0.4) is 0 Å². The Labute approximate surface area is 101 Å². The molecule has 1 saturated heterocycles. The predicted octanol–water partition coefficient (Wildman–Crippen LogP) is 3.60. The molecule has 0 bridgehead atoms. The first-order chi connectivity index (χ1) is 7.19. The average molecular weight is 242 g/mol. The van der Waals surface area contributed by atoms with Crippen molar-refractivity contribution in [3.8, 4) is 0 Å². The Kier molecular flexibility index (Phi) is 4.03. The Bertz CT molecular complexity index is 255. The van der Waals surface area contributed by atoms with E-state index in [9.17, 15) is 0 Å². The summed E-state index contributed by atoms with van der Waals surface area (Å²) in [5.74, 6) is 0.470. The standard InChI is InChI=1S/C13H26O2Si/c1-8-11-12(15-11)10(2)9-14-16(6,7)13(3,4)5/h8,10-12H,1,9H2,2-7H3/t10-,11+,12-/m0/s1. The Hall–Kier alpha value is -0.123. The van der Waals surface area contributed by atoms with Gasteiger partial charge in [0.25, 0.3) is 0 Å². The highest BCUT2D eigenvalue weighted by Crippen LogP contribution is 2.38. The molecule has 1 fully saturated rings. The van der Waals surface area contributed by atoms with E-state index in [1.54, 1.807) is 0 Å². The van der Waals surface area contributed by atoms with Gasteiger partial charge in [-0.2, -0.15) is 0 Å². The lowest BCUT2D eigenvalue weighted by atomic mass is 10.1. The molecular formula is C13H26O2Si. The second-order valence-electron chi connectivity index (χ2n) is 6.35. The van der Waals surface area contributed by atoms with Gasteiger partial charge < -0.3 is 9.16 Å². The average Bonchev–Trinajstić information content (AvgIpc) is 2.91. The van der Waals surface area contributed by atoms with E-state index >= 15 is 0 Å². The maximum absolute atomic E-state index is 6.17. The van der Waals surface area contributed by atoms with E-state index in [0.717, 1.165) is 6.61 Å². The maximum atomic E-state index is 6.17. The number of ether oxygens (including phenoxy) is 1. The predicted molar refractivity (Wildman–Crippen MR) is 71.2 cm³/mol. The highest BCUT2D eigenvalue weighted by atomic mass is 28.4. The van der Waals surface area contributed by atoms with Crippen molar-refractivity contribution < 1.29 is 9.16 Å². The van der Waals surface area contributed by atoms with Crippen molar-refractivity contribution in [2.75, 3.05) is 6.61 Å². The SMILES string of the molecule is C=C[C@H]1O[C@H]1[C@@H](C)CO[Si](C)(C)C(C)(C)C. The molecule has 1 aliphatic rings. The zero-order valence-electron chi connectivity index (χ0n) is 11.5. The van der Waals surface area contributed by atoms with Crippen LogP contribution in [0, 0.1) is 5.92 Å². The van der Waals surface area contributed by atoms with E-state index in [1.807, 2.05) is 6.08 Å². The molecule has 0 amide bonds. The van der Waals surface area contributed by atoms with E-state index < -0.39 is 8.32 Å². The Balaban J connectivity index is 2.37. The molecule has 16 heavy (non-hydrogen) atoms. The molecule has 3 heteroatoms. The van der Waals surface area contributed by atoms with Crippen molar-refractivity contribution in [1.82, 2.24) is 0 Å². The van der Waals surface area contributed by atoms with Crippen LogP contribution in [0.5, 0.6) is 0 Å². The molecule has 2 nitrogen and oxygen atoms in total. The van der Waals surface area contributed by atoms with Crippen molar-refractivity contribution in [1.29, 1.82) is 0 Å². The molecule has 3 atom stereocenters. The monoisotopic (exact) mass is 242 g/mol. The van der Waals surface area contributed by atoms with Gasteiger partial charge in [0, 0.05) is 12.5 Å². The van der Waals surface area contributed by atoms with Gasteiger partial charge in [0.15, 0.2) is 8.32 Å². The fourth-order valence-corrected chi connectivity index (χ4v) is 2.55. The zero-order valence-corrected chi connectivity index (χ0v) is 12.5. The topological polar surface area (TPSA) is 21.8 Å². The Morgan fingerprint density at radius 2 is 2.00 bits per heavy atom. The van der Waals surface area contributed by atoms with E-state index in [-0.39, 0.29) is 11.1 Å². The second kappa shape index (κ2) is 4.63. The highest BCUT2D eigenvalue weighted by molar-refractivity contribution is 6.74. The first-order valence-corrected chi connectivity index (χ1v) is 9.02. The summed E-state index contributed by atoms with van der Waals surface area (Å²) in [4.78, 5) is 0. The lowest BCUT2D eigenvalue weighted by Gasteiger charge is -2.36. The van der Waals surface area contributed by atoms with Crippen LogP contribution in [-0.2, 0) is 9.16 Å². The van der Waals surface area contributed by atoms with Crippen molar-refractivity contribution in [2.24, 2.45) is 5.92 Å². The molecule has 1 aliphatic heterocycles. The molecule has 0 unspecified atom stereocenters. The fraction of sp³-hybridized carbons (Fsp3) is 0.846. The van der Waals surface area contributed by atoms with Gasteiger partial charge in [0.05, 0.1) is 6.10 Å². The van der Waals surface area contributed by atoms with Crippen LogP contribution >= 0.6 is 0 Å². The minimum atomic E-state index is -1.60. The minimum Gasteiger partial charge on any atom is -0.416 e. The van der Waals surface area contributed by atoms with Gasteiger partial charge in [-0.25, -0.2) is 0 Å². The van der Waals surface area contributed by atoms with Crippen LogP contribution in [0.15, 0.2) is 12.7 Å². The van der Waals surface area contributed by atoms with Crippen LogP contribution in [0.2, 0.25) is 18.1 Å². The molecule has 0 aromatic rings. The highest BCUT2D eigenvalue weighted by Gasteiger charge is 2.43. The molecule has 1 rings (SSSR count). The number of hydrogen-bond donors (Lipinski definition) is 0. The molecule has 0 saturated carbocycles. The second-order valence-corrected chi connectivity index (χ2v) is 11.2. The summed E-state index contributed by atoms with van der Waals surface area (Å²) >= 11 is 0. The summed E-state index contributed by atoms with van der Waals surface area (Å²) in [5, 5.41) is 0.287. The summed E-state index contributed by atoms with van der Waals surface area (Å²) < 4.78 is 11.7. The fourth-order valence-electron chi connectivity index (χ4n) is 1.43. The quantitative estimate of drug-likeness (QED) is 0.417. The third-order valence-electron chi connectivity index (χ3n) is 3.87. The van der Waals surface area contributed by atoms with E-state index in [4.69, 9.17) is 9.16 Å². The van der Waals surface area contributed by atoms with Gasteiger partial charge in [0.1, 0.15) is 6.10 Å². The Morgan fingerprint density at radius 3 is 2.38 bits per heavy atom. The zero-order chi connectivity index (χ0) is 12.6. The summed E-state index contributed by atoms with van der Waals surface area (Å²) in [7, 11) is -1.60. The van der Waals surface area contributed by atoms with Gasteiger partial charge in [-0.3, -0.25) is 0 Å². The van der Waals surface area contributed by atoms with E-state index in [2.05, 4.69) is 47.4 Å². The van der Waals surface area contributed by atoms with Crippen LogP contribution in [0.25, 0.3) is 0 Å². The largest absolute Gasteiger partial charge is 0.416 e. The number of epoxide rings is 1. The number of hydrogen-bond acceptors (Lipinski definition) is 2. The van der Waals surface area contributed by atoms with Crippen molar-refractivity contribution in [3.63, 3.8) is 0 Å². The summed E-state index contributed by atoms with van der Waals surface area (Å²) in [5.41, 5.74) is 0. The summed E-state index contributed by atoms with van der Waals surface area (Å²) in [6.07, 6.45) is 2.48. The lowest BCUT2D eigenvalue weighted by molar-refractivity contribution is 0.207. The molecule has 0 spiro atoms. The lowest BCUT2D eigenvalue weighted by Crippen LogP contribution is -2.42. The maximum Gasteiger partial charge on any atom is 0.191 e. The summed E-state index contributed by atoms with van der Waals surface area (Å²) in [6, 6.07) is 0. The third-order valence-corrected chi connectivity index (χ3v) is 8.37. The van der Waals surface area contributed by atoms with Crippen molar-refractivity contribution >= 4 is 8.32 Å². The van der Waals surface area contributed by atoms with E-state index in [0.29, 0.717) is 12.0 Å². The normalized spacial score (nSPS) is 27.6. The molecule has 0 radical (unpaired) electrons.